The smallest absolute Gasteiger partial charge is 0.334 e. The summed E-state index contributed by atoms with van der Waals surface area (Å²) in [7, 11) is 0. The molecule has 0 bridgehead atoms. The fraction of sp³-hybridized carbons (Fsp3) is 0.769. The molecule has 0 aliphatic carbocycles. The fourth-order valence-corrected chi connectivity index (χ4v) is 1.11. The second-order valence-electron chi connectivity index (χ2n) is 4.30. The van der Waals surface area contributed by atoms with Crippen LogP contribution in [0.15, 0.2) is 12.2 Å². The van der Waals surface area contributed by atoms with Crippen molar-refractivity contribution in [3.63, 3.8) is 0 Å². The molecular formula is C13H25NO3. The van der Waals surface area contributed by atoms with Crippen LogP contribution < -0.4 is 5.32 Å². The number of esters is 1. The van der Waals surface area contributed by atoms with Gasteiger partial charge in [-0.1, -0.05) is 20.4 Å². The van der Waals surface area contributed by atoms with Gasteiger partial charge in [0.05, 0.1) is 13.2 Å². The van der Waals surface area contributed by atoms with Gasteiger partial charge < -0.3 is 14.8 Å². The lowest BCUT2D eigenvalue weighted by Gasteiger charge is -2.08. The zero-order chi connectivity index (χ0) is 13.1. The van der Waals surface area contributed by atoms with Crippen molar-refractivity contribution in [3.8, 4) is 0 Å². The van der Waals surface area contributed by atoms with E-state index in [0.717, 1.165) is 19.6 Å². The van der Waals surface area contributed by atoms with Crippen LogP contribution in [0.1, 0.15) is 27.2 Å². The highest BCUT2D eigenvalue weighted by Gasteiger charge is 2.06. The third-order valence-electron chi connectivity index (χ3n) is 2.17. The molecule has 0 rings (SSSR count). The molecule has 0 unspecified atom stereocenters. The van der Waals surface area contributed by atoms with Gasteiger partial charge in [-0.2, -0.15) is 0 Å². The first-order chi connectivity index (χ1) is 8.07. The second-order valence-corrected chi connectivity index (χ2v) is 4.30. The Balaban J connectivity index is 3.33. The first-order valence-electron chi connectivity index (χ1n) is 6.21. The van der Waals surface area contributed by atoms with Crippen molar-refractivity contribution < 1.29 is 14.3 Å². The summed E-state index contributed by atoms with van der Waals surface area (Å²) in [6.45, 7) is 12.8. The van der Waals surface area contributed by atoms with Crippen LogP contribution in [0.2, 0.25) is 0 Å². The third kappa shape index (κ3) is 10.0. The highest BCUT2D eigenvalue weighted by Crippen LogP contribution is 1.98. The van der Waals surface area contributed by atoms with E-state index in [4.69, 9.17) is 9.47 Å². The number of carbonyl (C=O) groups excluding carboxylic acids is 1. The predicted molar refractivity (Wildman–Crippen MR) is 68.9 cm³/mol. The van der Waals surface area contributed by atoms with Crippen molar-refractivity contribution in [1.82, 2.24) is 5.32 Å². The molecule has 0 aliphatic rings. The average Bonchev–Trinajstić information content (AvgIpc) is 2.27. The summed E-state index contributed by atoms with van der Waals surface area (Å²) >= 11 is 0. The van der Waals surface area contributed by atoms with E-state index in [1.165, 1.54) is 0 Å². The molecule has 1 N–H and O–H groups in total. The van der Waals surface area contributed by atoms with Gasteiger partial charge in [0.25, 0.3) is 0 Å². The van der Waals surface area contributed by atoms with Crippen LogP contribution >= 0.6 is 0 Å². The van der Waals surface area contributed by atoms with Crippen LogP contribution in [0.25, 0.3) is 0 Å². The summed E-state index contributed by atoms with van der Waals surface area (Å²) in [6, 6.07) is 0. The van der Waals surface area contributed by atoms with Crippen molar-refractivity contribution >= 4 is 5.97 Å². The van der Waals surface area contributed by atoms with Gasteiger partial charge in [0.1, 0.15) is 0 Å². The Kier molecular flexibility index (Phi) is 9.77. The van der Waals surface area contributed by atoms with E-state index in [0.29, 0.717) is 31.2 Å². The van der Waals surface area contributed by atoms with Crippen molar-refractivity contribution in [2.45, 2.75) is 27.2 Å². The number of rotatable bonds is 10. The molecule has 0 saturated carbocycles. The summed E-state index contributed by atoms with van der Waals surface area (Å²) in [5, 5.41) is 3.09. The van der Waals surface area contributed by atoms with E-state index in [9.17, 15) is 4.79 Å². The molecule has 4 nitrogen and oxygen atoms in total. The van der Waals surface area contributed by atoms with E-state index in [2.05, 4.69) is 25.7 Å². The van der Waals surface area contributed by atoms with E-state index >= 15 is 0 Å². The highest BCUT2D eigenvalue weighted by molar-refractivity contribution is 5.88. The molecule has 0 amide bonds. The van der Waals surface area contributed by atoms with E-state index < -0.39 is 0 Å². The van der Waals surface area contributed by atoms with Gasteiger partial charge in [-0.3, -0.25) is 0 Å². The SMILES string of the molecule is C=C(CNCCOCCC(C)C)C(=O)OCC. The van der Waals surface area contributed by atoms with Crippen molar-refractivity contribution in [2.75, 3.05) is 32.9 Å². The van der Waals surface area contributed by atoms with Crippen LogP contribution in [0.5, 0.6) is 0 Å². The molecular weight excluding hydrogens is 218 g/mol. The standard InChI is InChI=1S/C13H25NO3/c1-5-17-13(15)12(4)10-14-7-9-16-8-6-11(2)3/h11,14H,4-10H2,1-3H3. The lowest BCUT2D eigenvalue weighted by Crippen LogP contribution is -2.25. The molecule has 0 aromatic carbocycles. The quantitative estimate of drug-likeness (QED) is 0.361. The lowest BCUT2D eigenvalue weighted by molar-refractivity contribution is -0.138. The molecule has 17 heavy (non-hydrogen) atoms. The summed E-state index contributed by atoms with van der Waals surface area (Å²) in [5.74, 6) is 0.340. The minimum absolute atomic E-state index is 0.333. The zero-order valence-corrected chi connectivity index (χ0v) is 11.3. The Hall–Kier alpha value is -0.870. The maximum atomic E-state index is 11.2. The largest absolute Gasteiger partial charge is 0.463 e. The molecule has 100 valence electrons. The highest BCUT2D eigenvalue weighted by atomic mass is 16.5. The number of ether oxygens (including phenoxy) is 2. The molecule has 0 aliphatic heterocycles. The molecule has 0 spiro atoms. The van der Waals surface area contributed by atoms with E-state index in [1.807, 2.05) is 0 Å². The number of carbonyl (C=O) groups is 1. The lowest BCUT2D eigenvalue weighted by atomic mass is 10.1. The van der Waals surface area contributed by atoms with Crippen molar-refractivity contribution in [3.05, 3.63) is 12.2 Å². The van der Waals surface area contributed by atoms with Gasteiger partial charge in [-0.25, -0.2) is 4.79 Å². The van der Waals surface area contributed by atoms with Crippen LogP contribution in [0.3, 0.4) is 0 Å². The summed E-state index contributed by atoms with van der Waals surface area (Å²) in [4.78, 5) is 11.2. The molecule has 0 fully saturated rings. The minimum Gasteiger partial charge on any atom is -0.463 e. The van der Waals surface area contributed by atoms with Gasteiger partial charge in [-0.05, 0) is 19.3 Å². The number of hydrogen-bond acceptors (Lipinski definition) is 4. The molecule has 0 saturated heterocycles. The zero-order valence-electron chi connectivity index (χ0n) is 11.3. The third-order valence-corrected chi connectivity index (χ3v) is 2.17. The minimum atomic E-state index is -0.333. The summed E-state index contributed by atoms with van der Waals surface area (Å²) < 4.78 is 10.2. The predicted octanol–water partition coefficient (Wildman–Crippen LogP) is 1.76. The van der Waals surface area contributed by atoms with Crippen molar-refractivity contribution in [1.29, 1.82) is 0 Å². The maximum absolute atomic E-state index is 11.2. The van der Waals surface area contributed by atoms with Crippen molar-refractivity contribution in [2.24, 2.45) is 5.92 Å². The Morgan fingerprint density at radius 2 is 2.06 bits per heavy atom. The number of hydrogen-bond donors (Lipinski definition) is 1. The van der Waals surface area contributed by atoms with Gasteiger partial charge >= 0.3 is 5.97 Å². The molecule has 0 heterocycles. The molecule has 0 aromatic heterocycles. The second kappa shape index (κ2) is 10.3. The van der Waals surface area contributed by atoms with Crippen LogP contribution in [0.4, 0.5) is 0 Å². The maximum Gasteiger partial charge on any atom is 0.334 e. The average molecular weight is 243 g/mol. The van der Waals surface area contributed by atoms with Gasteiger partial charge in [0, 0.05) is 25.3 Å². The monoisotopic (exact) mass is 243 g/mol. The van der Waals surface area contributed by atoms with E-state index in [1.54, 1.807) is 6.92 Å². The molecule has 0 atom stereocenters. The Morgan fingerprint density at radius 3 is 2.65 bits per heavy atom. The fourth-order valence-electron chi connectivity index (χ4n) is 1.11. The first kappa shape index (κ1) is 16.1. The summed E-state index contributed by atoms with van der Waals surface area (Å²) in [5.41, 5.74) is 0.453. The normalized spacial score (nSPS) is 10.6. The number of nitrogens with one attached hydrogen (secondary N) is 1. The Bertz CT molecular complexity index is 227. The summed E-state index contributed by atoms with van der Waals surface area (Å²) in [6.07, 6.45) is 1.08. The Labute approximate surface area is 104 Å². The van der Waals surface area contributed by atoms with E-state index in [-0.39, 0.29) is 5.97 Å². The Morgan fingerprint density at radius 1 is 1.35 bits per heavy atom. The van der Waals surface area contributed by atoms with Gasteiger partial charge in [-0.15, -0.1) is 0 Å². The van der Waals surface area contributed by atoms with Crippen LogP contribution in [-0.4, -0.2) is 38.9 Å². The van der Waals surface area contributed by atoms with Gasteiger partial charge in [0.2, 0.25) is 0 Å². The topological polar surface area (TPSA) is 47.6 Å². The molecule has 0 aromatic rings. The first-order valence-corrected chi connectivity index (χ1v) is 6.21. The van der Waals surface area contributed by atoms with Crippen LogP contribution in [-0.2, 0) is 14.3 Å². The van der Waals surface area contributed by atoms with Gasteiger partial charge in [0.15, 0.2) is 0 Å². The van der Waals surface area contributed by atoms with Crippen LogP contribution in [0, 0.1) is 5.92 Å². The molecule has 4 heteroatoms. The molecule has 0 radical (unpaired) electrons.